The van der Waals surface area contributed by atoms with Crippen LogP contribution in [0, 0.1) is 6.92 Å². The van der Waals surface area contributed by atoms with Gasteiger partial charge in [-0.05, 0) is 61.7 Å². The molecule has 1 unspecified atom stereocenters. The summed E-state index contributed by atoms with van der Waals surface area (Å²) >= 11 is 2.73. The number of nitrogens with one attached hydrogen (secondary N) is 2. The summed E-state index contributed by atoms with van der Waals surface area (Å²) < 4.78 is 12.0. The Morgan fingerprint density at radius 2 is 1.69 bits per heavy atom. The third-order valence-corrected chi connectivity index (χ3v) is 6.95. The first-order valence-electron chi connectivity index (χ1n) is 11.0. The SMILES string of the molecule is CSc1ccc(Oc2ccc3c(c2)N(C)C(COc2ccc(C)cc2)N3)cc1.O=C1CSC(=O)N1. The van der Waals surface area contributed by atoms with Crippen LogP contribution in [0.15, 0.2) is 71.6 Å². The van der Waals surface area contributed by atoms with Gasteiger partial charge in [0.1, 0.15) is 30.0 Å². The summed E-state index contributed by atoms with van der Waals surface area (Å²) in [5.41, 5.74) is 3.42. The number of carbonyl (C=O) groups excluding carboxylic acids is 2. The van der Waals surface area contributed by atoms with Crippen molar-refractivity contribution in [2.24, 2.45) is 0 Å². The highest BCUT2D eigenvalue weighted by Crippen LogP contribution is 2.38. The zero-order valence-electron chi connectivity index (χ0n) is 19.7. The Hall–Kier alpha value is -3.30. The lowest BCUT2D eigenvalue weighted by atomic mass is 10.2. The fraction of sp³-hybridized carbons (Fsp3) is 0.231. The average molecular weight is 510 g/mol. The van der Waals surface area contributed by atoms with E-state index in [1.807, 2.05) is 30.3 Å². The predicted molar refractivity (Wildman–Crippen MR) is 143 cm³/mol. The van der Waals surface area contributed by atoms with E-state index >= 15 is 0 Å². The fourth-order valence-electron chi connectivity index (χ4n) is 3.49. The minimum atomic E-state index is -0.231. The highest BCUT2D eigenvalue weighted by molar-refractivity contribution is 8.14. The standard InChI is InChI=1S/C23H24N2O2S.C3H3NO2S/c1-16-4-6-17(7-5-16)26-15-23-24-21-13-10-19(14-22(21)25(23)2)27-18-8-11-20(28-3)12-9-18;5-2-1-7-3(6)4-2/h4-14,23-24H,15H2,1-3H3;1H2,(H,4,5,6). The van der Waals surface area contributed by atoms with Gasteiger partial charge >= 0.3 is 0 Å². The summed E-state index contributed by atoms with van der Waals surface area (Å²) in [5.74, 6) is 2.65. The number of amides is 2. The van der Waals surface area contributed by atoms with Crippen molar-refractivity contribution in [3.8, 4) is 17.2 Å². The van der Waals surface area contributed by atoms with Crippen molar-refractivity contribution in [1.82, 2.24) is 5.32 Å². The molecule has 3 aromatic carbocycles. The molecule has 1 fully saturated rings. The molecule has 182 valence electrons. The van der Waals surface area contributed by atoms with E-state index in [0.29, 0.717) is 12.4 Å². The van der Waals surface area contributed by atoms with Crippen molar-refractivity contribution in [3.63, 3.8) is 0 Å². The van der Waals surface area contributed by atoms with Crippen molar-refractivity contribution in [3.05, 3.63) is 72.3 Å². The molecule has 0 aliphatic carbocycles. The Bertz CT molecular complexity index is 1170. The Kier molecular flexibility index (Phi) is 8.09. The number of carbonyl (C=O) groups is 2. The number of ether oxygens (including phenoxy) is 2. The van der Waals surface area contributed by atoms with Crippen molar-refractivity contribution >= 4 is 46.0 Å². The first-order chi connectivity index (χ1) is 16.9. The van der Waals surface area contributed by atoms with E-state index in [0.717, 1.165) is 40.4 Å². The van der Waals surface area contributed by atoms with E-state index in [9.17, 15) is 9.59 Å². The molecule has 2 amide bonds. The van der Waals surface area contributed by atoms with E-state index in [-0.39, 0.29) is 17.3 Å². The smallest absolute Gasteiger partial charge is 0.286 e. The molecular weight excluding hydrogens is 482 g/mol. The summed E-state index contributed by atoms with van der Waals surface area (Å²) in [7, 11) is 2.07. The molecule has 0 radical (unpaired) electrons. The number of nitrogens with zero attached hydrogens (tertiary/aromatic N) is 1. The molecule has 0 aromatic heterocycles. The molecule has 1 saturated heterocycles. The van der Waals surface area contributed by atoms with Gasteiger partial charge in [0.15, 0.2) is 0 Å². The van der Waals surface area contributed by atoms with Gasteiger partial charge in [0, 0.05) is 18.0 Å². The van der Waals surface area contributed by atoms with Gasteiger partial charge in [-0.25, -0.2) is 0 Å². The maximum absolute atomic E-state index is 10.1. The highest BCUT2D eigenvalue weighted by Gasteiger charge is 2.26. The van der Waals surface area contributed by atoms with Gasteiger partial charge in [0.25, 0.3) is 5.24 Å². The molecule has 7 nitrogen and oxygen atoms in total. The summed E-state index contributed by atoms with van der Waals surface area (Å²) in [6, 6.07) is 22.4. The van der Waals surface area contributed by atoms with Gasteiger partial charge in [-0.1, -0.05) is 29.5 Å². The predicted octanol–water partition coefficient (Wildman–Crippen LogP) is 5.75. The summed E-state index contributed by atoms with van der Waals surface area (Å²) in [5, 5.41) is 5.38. The van der Waals surface area contributed by atoms with Gasteiger partial charge in [-0.3, -0.25) is 14.9 Å². The van der Waals surface area contributed by atoms with Crippen molar-refractivity contribution in [1.29, 1.82) is 0 Å². The van der Waals surface area contributed by atoms with Gasteiger partial charge < -0.3 is 19.7 Å². The van der Waals surface area contributed by atoms with Crippen LogP contribution in [0.3, 0.4) is 0 Å². The van der Waals surface area contributed by atoms with Gasteiger partial charge in [-0.2, -0.15) is 0 Å². The highest BCUT2D eigenvalue weighted by atomic mass is 32.2. The Morgan fingerprint density at radius 3 is 2.29 bits per heavy atom. The number of likely N-dealkylation sites (N-methyl/N-ethyl adjacent to an activating group) is 1. The van der Waals surface area contributed by atoms with Crippen LogP contribution in [0.4, 0.5) is 16.2 Å². The molecule has 1 atom stereocenters. The fourth-order valence-corrected chi connectivity index (χ4v) is 4.42. The molecule has 3 aromatic rings. The third-order valence-electron chi connectivity index (χ3n) is 5.44. The molecule has 35 heavy (non-hydrogen) atoms. The largest absolute Gasteiger partial charge is 0.489 e. The number of fused-ring (bicyclic) bond motifs is 1. The summed E-state index contributed by atoms with van der Waals surface area (Å²) in [6.45, 7) is 2.63. The quantitative estimate of drug-likeness (QED) is 0.407. The van der Waals surface area contributed by atoms with Crippen LogP contribution in [0.25, 0.3) is 0 Å². The van der Waals surface area contributed by atoms with Gasteiger partial charge in [0.2, 0.25) is 5.91 Å². The Morgan fingerprint density at radius 1 is 1.00 bits per heavy atom. The number of anilines is 2. The lowest BCUT2D eigenvalue weighted by Gasteiger charge is -2.22. The molecule has 0 spiro atoms. The summed E-state index contributed by atoms with van der Waals surface area (Å²) in [4.78, 5) is 23.6. The van der Waals surface area contributed by atoms with E-state index in [4.69, 9.17) is 9.47 Å². The molecule has 0 bridgehead atoms. The zero-order chi connectivity index (χ0) is 24.8. The maximum atomic E-state index is 10.1. The van der Waals surface area contributed by atoms with E-state index in [1.54, 1.807) is 11.8 Å². The number of hydrogen-bond donors (Lipinski definition) is 2. The molecule has 2 heterocycles. The normalized spacial score (nSPS) is 16.1. The van der Waals surface area contributed by atoms with Crippen LogP contribution in [0.5, 0.6) is 17.2 Å². The second-order valence-electron chi connectivity index (χ2n) is 7.98. The van der Waals surface area contributed by atoms with E-state index in [2.05, 4.69) is 72.2 Å². The third kappa shape index (κ3) is 6.64. The van der Waals surface area contributed by atoms with Crippen LogP contribution >= 0.6 is 23.5 Å². The number of rotatable bonds is 6. The molecule has 2 N–H and O–H groups in total. The second-order valence-corrected chi connectivity index (χ2v) is 9.80. The molecule has 2 aliphatic heterocycles. The van der Waals surface area contributed by atoms with Crippen LogP contribution in [0.2, 0.25) is 0 Å². The average Bonchev–Trinajstić information content (AvgIpc) is 3.40. The molecule has 2 aliphatic rings. The number of benzene rings is 3. The maximum Gasteiger partial charge on any atom is 0.286 e. The van der Waals surface area contributed by atoms with Crippen LogP contribution in [0.1, 0.15) is 5.56 Å². The monoisotopic (exact) mass is 509 g/mol. The number of imide groups is 1. The first-order valence-corrected chi connectivity index (χ1v) is 13.2. The van der Waals surface area contributed by atoms with E-state index < -0.39 is 0 Å². The van der Waals surface area contributed by atoms with Crippen molar-refractivity contribution < 1.29 is 19.1 Å². The topological polar surface area (TPSA) is 79.9 Å². The molecule has 5 rings (SSSR count). The lowest BCUT2D eigenvalue weighted by molar-refractivity contribution is -0.117. The minimum Gasteiger partial charge on any atom is -0.489 e. The molecular formula is C26H27N3O4S2. The van der Waals surface area contributed by atoms with Crippen LogP contribution in [-0.4, -0.2) is 43.0 Å². The van der Waals surface area contributed by atoms with Crippen LogP contribution in [-0.2, 0) is 4.79 Å². The van der Waals surface area contributed by atoms with Crippen LogP contribution < -0.4 is 25.0 Å². The van der Waals surface area contributed by atoms with Gasteiger partial charge in [-0.15, -0.1) is 11.8 Å². The zero-order valence-corrected chi connectivity index (χ0v) is 21.4. The number of thioether (sulfide) groups is 2. The van der Waals surface area contributed by atoms with Gasteiger partial charge in [0.05, 0.1) is 17.1 Å². The number of hydrogen-bond acceptors (Lipinski definition) is 8. The lowest BCUT2D eigenvalue weighted by Crippen LogP contribution is -2.37. The Balaban J connectivity index is 0.000000356. The first kappa shape index (κ1) is 24.8. The molecule has 9 heteroatoms. The van der Waals surface area contributed by atoms with Crippen molar-refractivity contribution in [2.45, 2.75) is 18.0 Å². The molecule has 0 saturated carbocycles. The Labute approximate surface area is 213 Å². The summed E-state index contributed by atoms with van der Waals surface area (Å²) in [6.07, 6.45) is 2.14. The van der Waals surface area contributed by atoms with E-state index in [1.165, 1.54) is 10.5 Å². The minimum absolute atomic E-state index is 0.0763. The second kappa shape index (κ2) is 11.4. The number of aryl methyl sites for hydroxylation is 1. The van der Waals surface area contributed by atoms with Crippen molar-refractivity contribution in [2.75, 3.05) is 35.9 Å².